The molecule has 1 aromatic heterocycles. The lowest BCUT2D eigenvalue weighted by molar-refractivity contribution is 0.631. The van der Waals surface area contributed by atoms with E-state index in [1.54, 1.807) is 25.1 Å². The van der Waals surface area contributed by atoms with Gasteiger partial charge in [0, 0.05) is 10.4 Å². The third-order valence-electron chi connectivity index (χ3n) is 2.01. The lowest BCUT2D eigenvalue weighted by Crippen LogP contribution is -1.82. The molecule has 0 atom stereocenters. The summed E-state index contributed by atoms with van der Waals surface area (Å²) < 4.78 is 13.4. The molecule has 0 radical (unpaired) electrons. The van der Waals surface area contributed by atoms with Gasteiger partial charge in [-0.25, -0.2) is 9.37 Å². The van der Waals surface area contributed by atoms with E-state index in [0.717, 1.165) is 4.88 Å². The average Bonchev–Trinajstić information content (AvgIpc) is 2.60. The van der Waals surface area contributed by atoms with E-state index in [-0.39, 0.29) is 5.82 Å². The van der Waals surface area contributed by atoms with Gasteiger partial charge in [-0.1, -0.05) is 12.1 Å². The predicted molar refractivity (Wildman–Crippen MR) is 57.0 cm³/mol. The maximum atomic E-state index is 13.4. The Morgan fingerprint density at radius 3 is 2.73 bits per heavy atom. The number of nitriles is 1. The van der Waals surface area contributed by atoms with Gasteiger partial charge < -0.3 is 0 Å². The van der Waals surface area contributed by atoms with Gasteiger partial charge in [0.2, 0.25) is 0 Å². The number of hydrogen-bond donors (Lipinski definition) is 0. The van der Waals surface area contributed by atoms with Crippen molar-refractivity contribution < 1.29 is 4.39 Å². The molecule has 0 amide bonds. The molecule has 4 heteroatoms. The van der Waals surface area contributed by atoms with Crippen LogP contribution >= 0.6 is 11.3 Å². The van der Waals surface area contributed by atoms with E-state index in [1.807, 2.05) is 6.07 Å². The monoisotopic (exact) mass is 218 g/mol. The average molecular weight is 218 g/mol. The van der Waals surface area contributed by atoms with Gasteiger partial charge in [-0.3, -0.25) is 0 Å². The highest BCUT2D eigenvalue weighted by Gasteiger charge is 2.11. The Morgan fingerprint density at radius 1 is 1.40 bits per heavy atom. The van der Waals surface area contributed by atoms with Crippen LogP contribution in [0.5, 0.6) is 0 Å². The van der Waals surface area contributed by atoms with Crippen LogP contribution in [0, 0.1) is 24.1 Å². The molecule has 0 aliphatic heterocycles. The summed E-state index contributed by atoms with van der Waals surface area (Å²) in [6, 6.07) is 8.41. The third-order valence-corrected chi connectivity index (χ3v) is 3.01. The second kappa shape index (κ2) is 3.79. The molecule has 0 bridgehead atoms. The van der Waals surface area contributed by atoms with Crippen molar-refractivity contribution in [2.24, 2.45) is 0 Å². The molecule has 0 fully saturated rings. The fourth-order valence-corrected chi connectivity index (χ4v) is 2.14. The molecule has 0 saturated carbocycles. The maximum Gasteiger partial charge on any atom is 0.155 e. The number of hydrogen-bond acceptors (Lipinski definition) is 3. The second-order valence-corrected chi connectivity index (χ2v) is 4.22. The van der Waals surface area contributed by atoms with E-state index in [2.05, 4.69) is 4.98 Å². The smallest absolute Gasteiger partial charge is 0.155 e. The van der Waals surface area contributed by atoms with Crippen LogP contribution < -0.4 is 0 Å². The van der Waals surface area contributed by atoms with E-state index in [0.29, 0.717) is 16.3 Å². The number of aryl methyl sites for hydroxylation is 1. The molecule has 74 valence electrons. The van der Waals surface area contributed by atoms with E-state index in [9.17, 15) is 4.39 Å². The van der Waals surface area contributed by atoms with Crippen molar-refractivity contribution in [1.82, 2.24) is 4.98 Å². The first-order valence-corrected chi connectivity index (χ1v) is 5.16. The van der Waals surface area contributed by atoms with Gasteiger partial charge in [0.15, 0.2) is 5.69 Å². The van der Waals surface area contributed by atoms with Crippen LogP contribution in [0.3, 0.4) is 0 Å². The standard InChI is InChI=1S/C11H7FN2S/c1-7-10(6-13)14-11(15-7)8-4-2-3-5-9(8)12/h2-5H,1H3. The SMILES string of the molecule is Cc1sc(-c2ccccc2F)nc1C#N. The first-order chi connectivity index (χ1) is 7.22. The third kappa shape index (κ3) is 1.74. The zero-order valence-electron chi connectivity index (χ0n) is 7.99. The molecule has 0 spiro atoms. The van der Waals surface area contributed by atoms with E-state index < -0.39 is 0 Å². The summed E-state index contributed by atoms with van der Waals surface area (Å²) in [6.45, 7) is 1.81. The lowest BCUT2D eigenvalue weighted by atomic mass is 10.2. The fourth-order valence-electron chi connectivity index (χ4n) is 1.25. The predicted octanol–water partition coefficient (Wildman–Crippen LogP) is 3.13. The molecule has 2 aromatic rings. The van der Waals surface area contributed by atoms with Gasteiger partial charge in [0.1, 0.15) is 16.9 Å². The van der Waals surface area contributed by atoms with Crippen LogP contribution in [-0.2, 0) is 0 Å². The normalized spacial score (nSPS) is 9.93. The Balaban J connectivity index is 2.56. The molecule has 1 heterocycles. The van der Waals surface area contributed by atoms with Crippen molar-refractivity contribution in [1.29, 1.82) is 5.26 Å². The Labute approximate surface area is 90.6 Å². The number of halogens is 1. The molecule has 1 aromatic carbocycles. The molecule has 0 saturated heterocycles. The minimum Gasteiger partial charge on any atom is -0.225 e. The van der Waals surface area contributed by atoms with Crippen molar-refractivity contribution in [3.63, 3.8) is 0 Å². The van der Waals surface area contributed by atoms with Crippen molar-refractivity contribution >= 4 is 11.3 Å². The van der Waals surface area contributed by atoms with Crippen molar-refractivity contribution in [2.45, 2.75) is 6.92 Å². The highest BCUT2D eigenvalue weighted by atomic mass is 32.1. The highest BCUT2D eigenvalue weighted by Crippen LogP contribution is 2.28. The summed E-state index contributed by atoms with van der Waals surface area (Å²) >= 11 is 1.33. The maximum absolute atomic E-state index is 13.4. The van der Waals surface area contributed by atoms with Gasteiger partial charge in [0.05, 0.1) is 0 Å². The molecule has 0 aliphatic carbocycles. The Hall–Kier alpha value is -1.73. The highest BCUT2D eigenvalue weighted by molar-refractivity contribution is 7.15. The van der Waals surface area contributed by atoms with Crippen LogP contribution in [0.4, 0.5) is 4.39 Å². The van der Waals surface area contributed by atoms with Crippen LogP contribution in [0.15, 0.2) is 24.3 Å². The molecule has 0 N–H and O–H groups in total. The van der Waals surface area contributed by atoms with Gasteiger partial charge in [0.25, 0.3) is 0 Å². The van der Waals surface area contributed by atoms with Crippen molar-refractivity contribution in [2.75, 3.05) is 0 Å². The largest absolute Gasteiger partial charge is 0.225 e. The van der Waals surface area contributed by atoms with Crippen LogP contribution in [-0.4, -0.2) is 4.98 Å². The summed E-state index contributed by atoms with van der Waals surface area (Å²) in [4.78, 5) is 4.89. The fraction of sp³-hybridized carbons (Fsp3) is 0.0909. The Kier molecular flexibility index (Phi) is 2.48. The lowest BCUT2D eigenvalue weighted by Gasteiger charge is -1.96. The van der Waals surface area contributed by atoms with Gasteiger partial charge in [-0.2, -0.15) is 5.26 Å². The molecular weight excluding hydrogens is 211 g/mol. The summed E-state index contributed by atoms with van der Waals surface area (Å²) in [7, 11) is 0. The van der Waals surface area contributed by atoms with Gasteiger partial charge >= 0.3 is 0 Å². The number of aromatic nitrogens is 1. The topological polar surface area (TPSA) is 36.7 Å². The van der Waals surface area contributed by atoms with Crippen molar-refractivity contribution in [3.05, 3.63) is 40.7 Å². The second-order valence-electron chi connectivity index (χ2n) is 3.02. The molecule has 2 nitrogen and oxygen atoms in total. The number of benzene rings is 1. The van der Waals surface area contributed by atoms with Crippen molar-refractivity contribution in [3.8, 4) is 16.6 Å². The molecule has 0 unspecified atom stereocenters. The molecule has 15 heavy (non-hydrogen) atoms. The van der Waals surface area contributed by atoms with Crippen LogP contribution in [0.1, 0.15) is 10.6 Å². The Morgan fingerprint density at radius 2 is 2.13 bits per heavy atom. The minimum absolute atomic E-state index is 0.310. The zero-order chi connectivity index (χ0) is 10.8. The number of nitrogens with zero attached hydrogens (tertiary/aromatic N) is 2. The van der Waals surface area contributed by atoms with Crippen LogP contribution in [0.25, 0.3) is 10.6 Å². The van der Waals surface area contributed by atoms with Gasteiger partial charge in [-0.05, 0) is 19.1 Å². The summed E-state index contributed by atoms with van der Waals surface area (Å²) in [6.07, 6.45) is 0. The van der Waals surface area contributed by atoms with E-state index in [4.69, 9.17) is 5.26 Å². The zero-order valence-corrected chi connectivity index (χ0v) is 8.81. The minimum atomic E-state index is -0.310. The molecule has 0 aliphatic rings. The summed E-state index contributed by atoms with van der Waals surface area (Å²) in [5.41, 5.74) is 0.824. The quantitative estimate of drug-likeness (QED) is 0.737. The first kappa shape index (κ1) is 9.81. The van der Waals surface area contributed by atoms with Crippen LogP contribution in [0.2, 0.25) is 0 Å². The Bertz CT molecular complexity index is 540. The summed E-state index contributed by atoms with van der Waals surface area (Å²) in [5, 5.41) is 9.31. The molecule has 2 rings (SSSR count). The summed E-state index contributed by atoms with van der Waals surface area (Å²) in [5.74, 6) is -0.310. The van der Waals surface area contributed by atoms with E-state index in [1.165, 1.54) is 17.4 Å². The molecular formula is C11H7FN2S. The number of rotatable bonds is 1. The first-order valence-electron chi connectivity index (χ1n) is 4.35. The van der Waals surface area contributed by atoms with E-state index >= 15 is 0 Å². The number of thiazole rings is 1. The van der Waals surface area contributed by atoms with Gasteiger partial charge in [-0.15, -0.1) is 11.3 Å².